The summed E-state index contributed by atoms with van der Waals surface area (Å²) in [5.41, 5.74) is 2.85. The Labute approximate surface area is 199 Å². The summed E-state index contributed by atoms with van der Waals surface area (Å²) in [6.45, 7) is 0. The molecule has 5 rings (SSSR count). The molecule has 1 aliphatic heterocycles. The first-order valence-electron chi connectivity index (χ1n) is 10.4. The highest BCUT2D eigenvalue weighted by Crippen LogP contribution is 2.33. The number of para-hydroxylation sites is 1. The summed E-state index contributed by atoms with van der Waals surface area (Å²) in [4.78, 5) is 17.3. The normalized spacial score (nSPS) is 14.6. The van der Waals surface area contributed by atoms with Crippen molar-refractivity contribution in [1.82, 2.24) is 14.8 Å². The highest BCUT2D eigenvalue weighted by Gasteiger charge is 2.26. The molecule has 34 heavy (non-hydrogen) atoms. The van der Waals surface area contributed by atoms with Crippen molar-refractivity contribution < 1.29 is 13.9 Å². The van der Waals surface area contributed by atoms with Crippen LogP contribution in [-0.2, 0) is 0 Å². The zero-order valence-corrected chi connectivity index (χ0v) is 18.8. The van der Waals surface area contributed by atoms with Crippen LogP contribution >= 0.6 is 11.6 Å². The fourth-order valence-corrected chi connectivity index (χ4v) is 3.87. The van der Waals surface area contributed by atoms with Gasteiger partial charge in [-0.15, -0.1) is 5.10 Å². The summed E-state index contributed by atoms with van der Waals surface area (Å²) in [6.07, 6.45) is 1.96. The predicted octanol–water partition coefficient (Wildman–Crippen LogP) is 5.39. The number of nitrogens with zero attached hydrogens (tertiary/aromatic N) is 3. The van der Waals surface area contributed by atoms with Crippen LogP contribution in [0.5, 0.6) is 5.75 Å². The second-order valence-corrected chi connectivity index (χ2v) is 8.00. The minimum absolute atomic E-state index is 0.122. The third-order valence-electron chi connectivity index (χ3n) is 5.41. The number of amides is 1. The third kappa shape index (κ3) is 4.23. The van der Waals surface area contributed by atoms with Gasteiger partial charge in [0.15, 0.2) is 0 Å². The van der Waals surface area contributed by atoms with Crippen molar-refractivity contribution in [3.8, 4) is 5.75 Å². The summed E-state index contributed by atoms with van der Waals surface area (Å²) >= 11 is 6.04. The summed E-state index contributed by atoms with van der Waals surface area (Å²) in [7, 11) is 1.50. The Bertz CT molecular complexity index is 1380. The van der Waals surface area contributed by atoms with Gasteiger partial charge in [0.05, 0.1) is 12.7 Å². The molecule has 0 saturated carbocycles. The lowest BCUT2D eigenvalue weighted by molar-refractivity contribution is 0.102. The van der Waals surface area contributed by atoms with E-state index in [-0.39, 0.29) is 17.8 Å². The van der Waals surface area contributed by atoms with Crippen LogP contribution in [-0.4, -0.2) is 27.8 Å². The quantitative estimate of drug-likeness (QED) is 0.404. The Morgan fingerprint density at radius 1 is 1.09 bits per heavy atom. The number of hydrogen-bond donors (Lipinski definition) is 2. The first-order chi connectivity index (χ1) is 16.5. The number of allylic oxidation sites excluding steroid dienone is 1. The molecular weight excluding hydrogens is 457 g/mol. The highest BCUT2D eigenvalue weighted by atomic mass is 35.5. The number of benzene rings is 3. The Morgan fingerprint density at radius 2 is 1.82 bits per heavy atom. The van der Waals surface area contributed by atoms with E-state index in [1.165, 1.54) is 19.2 Å². The van der Waals surface area contributed by atoms with Gasteiger partial charge in [0.1, 0.15) is 17.6 Å². The van der Waals surface area contributed by atoms with E-state index in [9.17, 15) is 9.18 Å². The molecule has 1 atom stereocenters. The molecule has 2 heterocycles. The van der Waals surface area contributed by atoms with Gasteiger partial charge in [0.2, 0.25) is 5.95 Å². The number of carbonyl (C=O) groups excluding carboxylic acids is 1. The van der Waals surface area contributed by atoms with Crippen molar-refractivity contribution in [1.29, 1.82) is 0 Å². The van der Waals surface area contributed by atoms with Crippen molar-refractivity contribution >= 4 is 35.1 Å². The van der Waals surface area contributed by atoms with Crippen molar-refractivity contribution in [2.45, 2.75) is 6.04 Å². The van der Waals surface area contributed by atoms with E-state index in [0.29, 0.717) is 22.3 Å². The van der Waals surface area contributed by atoms with Crippen molar-refractivity contribution in [2.24, 2.45) is 0 Å². The monoisotopic (exact) mass is 475 g/mol. The average Bonchev–Trinajstić information content (AvgIpc) is 3.26. The maximum absolute atomic E-state index is 13.6. The Balaban J connectivity index is 1.51. The Hall–Kier alpha value is -4.17. The van der Waals surface area contributed by atoms with Gasteiger partial charge >= 0.3 is 0 Å². The standard InChI is InChI=1S/C25H19ClFN5O2/c1-34-22-5-3-2-4-19(22)23(33)29-24-30-25-28-20(15-6-10-17(26)11-7-15)14-21(32(25)31-24)16-8-12-18(27)13-9-16/h2-14,21H,1H3,(H2,28,29,30,31,33)/t21-/m1/s1. The molecule has 0 spiro atoms. The molecule has 1 aromatic heterocycles. The van der Waals surface area contributed by atoms with Crippen molar-refractivity contribution in [3.63, 3.8) is 0 Å². The van der Waals surface area contributed by atoms with Crippen LogP contribution < -0.4 is 15.4 Å². The number of anilines is 2. The molecule has 0 bridgehead atoms. The summed E-state index contributed by atoms with van der Waals surface area (Å²) in [5.74, 6) is 0.263. The molecule has 170 valence electrons. The smallest absolute Gasteiger partial charge is 0.261 e. The van der Waals surface area contributed by atoms with Crippen molar-refractivity contribution in [2.75, 3.05) is 17.7 Å². The lowest BCUT2D eigenvalue weighted by Gasteiger charge is -2.24. The van der Waals surface area contributed by atoms with Gasteiger partial charge in [0, 0.05) is 10.7 Å². The van der Waals surface area contributed by atoms with Gasteiger partial charge in [-0.25, -0.2) is 9.07 Å². The first-order valence-corrected chi connectivity index (χ1v) is 10.8. The van der Waals surface area contributed by atoms with Crippen LogP contribution in [0.25, 0.3) is 5.70 Å². The second-order valence-electron chi connectivity index (χ2n) is 7.57. The van der Waals surface area contributed by atoms with Crippen LogP contribution in [0, 0.1) is 5.82 Å². The molecule has 0 fully saturated rings. The van der Waals surface area contributed by atoms with Crippen LogP contribution in [0.4, 0.5) is 16.3 Å². The SMILES string of the molecule is COc1ccccc1C(=O)Nc1nc2n(n1)[C@@H](c1ccc(F)cc1)C=C(c1ccc(Cl)cc1)N2. The zero-order valence-electron chi connectivity index (χ0n) is 18.0. The van der Waals surface area contributed by atoms with E-state index < -0.39 is 5.91 Å². The molecule has 7 nitrogen and oxygen atoms in total. The van der Waals surface area contributed by atoms with Crippen LogP contribution in [0.15, 0.2) is 78.9 Å². The molecule has 2 N–H and O–H groups in total. The van der Waals surface area contributed by atoms with Crippen LogP contribution in [0.1, 0.15) is 27.5 Å². The topological polar surface area (TPSA) is 81.1 Å². The lowest BCUT2D eigenvalue weighted by Crippen LogP contribution is -2.20. The predicted molar refractivity (Wildman–Crippen MR) is 129 cm³/mol. The van der Waals surface area contributed by atoms with E-state index in [4.69, 9.17) is 16.3 Å². The second kappa shape index (κ2) is 8.99. The average molecular weight is 476 g/mol. The van der Waals surface area contributed by atoms with E-state index in [2.05, 4.69) is 20.7 Å². The molecule has 3 aromatic carbocycles. The number of ether oxygens (including phenoxy) is 1. The molecule has 0 saturated heterocycles. The number of carbonyl (C=O) groups is 1. The molecule has 9 heteroatoms. The van der Waals surface area contributed by atoms with E-state index in [1.54, 1.807) is 53.2 Å². The number of nitrogens with one attached hydrogen (secondary N) is 2. The third-order valence-corrected chi connectivity index (χ3v) is 5.66. The van der Waals surface area contributed by atoms with Gasteiger partial charge in [-0.05, 0) is 53.6 Å². The molecule has 0 aliphatic carbocycles. The summed E-state index contributed by atoms with van der Waals surface area (Å²) in [5, 5.41) is 11.1. The van der Waals surface area contributed by atoms with Gasteiger partial charge in [-0.2, -0.15) is 4.98 Å². The van der Waals surface area contributed by atoms with E-state index in [1.807, 2.05) is 18.2 Å². The van der Waals surface area contributed by atoms with Gasteiger partial charge < -0.3 is 10.1 Å². The number of fused-ring (bicyclic) bond motifs is 1. The number of halogens is 2. The maximum Gasteiger partial charge on any atom is 0.261 e. The molecule has 0 radical (unpaired) electrons. The Kier molecular flexibility index (Phi) is 5.73. The fraction of sp³-hybridized carbons (Fsp3) is 0.0800. The number of rotatable bonds is 5. The molecule has 4 aromatic rings. The molecular formula is C25H19ClFN5O2. The van der Waals surface area contributed by atoms with E-state index >= 15 is 0 Å². The van der Waals surface area contributed by atoms with E-state index in [0.717, 1.165) is 16.8 Å². The maximum atomic E-state index is 13.6. The Morgan fingerprint density at radius 3 is 2.56 bits per heavy atom. The number of methoxy groups -OCH3 is 1. The van der Waals surface area contributed by atoms with Gasteiger partial charge in [-0.3, -0.25) is 10.1 Å². The van der Waals surface area contributed by atoms with Crippen molar-refractivity contribution in [3.05, 3.63) is 106 Å². The number of aromatic nitrogens is 3. The van der Waals surface area contributed by atoms with Gasteiger partial charge in [0.25, 0.3) is 11.9 Å². The van der Waals surface area contributed by atoms with Gasteiger partial charge in [-0.1, -0.05) is 48.0 Å². The highest BCUT2D eigenvalue weighted by molar-refractivity contribution is 6.30. The molecule has 0 unspecified atom stereocenters. The summed E-state index contributed by atoms with van der Waals surface area (Å²) < 4.78 is 20.5. The summed E-state index contributed by atoms with van der Waals surface area (Å²) in [6, 6.07) is 20.1. The first kappa shape index (κ1) is 21.7. The molecule has 1 aliphatic rings. The minimum atomic E-state index is -0.399. The zero-order chi connectivity index (χ0) is 23.7. The van der Waals surface area contributed by atoms with Crippen LogP contribution in [0.3, 0.4) is 0 Å². The largest absolute Gasteiger partial charge is 0.496 e. The minimum Gasteiger partial charge on any atom is -0.496 e. The fourth-order valence-electron chi connectivity index (χ4n) is 3.74. The molecule has 1 amide bonds. The number of hydrogen-bond acceptors (Lipinski definition) is 5. The van der Waals surface area contributed by atoms with Crippen LogP contribution in [0.2, 0.25) is 5.02 Å². The lowest BCUT2D eigenvalue weighted by atomic mass is 10.0.